The zero-order valence-corrected chi connectivity index (χ0v) is 7.66. The number of benzene rings is 1. The Balaban J connectivity index is 3.15. The fourth-order valence-electron chi connectivity index (χ4n) is 0.717. The first-order valence-corrected chi connectivity index (χ1v) is 5.37. The Morgan fingerprint density at radius 2 is 1.69 bits per heavy atom. The zero-order valence-electron chi connectivity index (χ0n) is 6.09. The second kappa shape index (κ2) is 3.47. The summed E-state index contributed by atoms with van der Waals surface area (Å²) in [6.45, 7) is 0. The molecule has 0 bridgehead atoms. The van der Waals surface area contributed by atoms with E-state index in [1.54, 1.807) is 0 Å². The minimum absolute atomic E-state index is 0.780. The van der Waals surface area contributed by atoms with Crippen LogP contribution in [0.1, 0.15) is 0 Å². The molecule has 1 aromatic carbocycles. The number of rotatable bonds is 2. The summed E-state index contributed by atoms with van der Waals surface area (Å²) in [6, 6.07) is 2.93. The zero-order chi connectivity index (χ0) is 10.1. The number of para-hydroxylation sites is 1. The van der Waals surface area contributed by atoms with Crippen LogP contribution in [0, 0.1) is 11.6 Å². The lowest BCUT2D eigenvalue weighted by Crippen LogP contribution is -2.07. The molecule has 3 nitrogen and oxygen atoms in total. The fraction of sp³-hybridized carbons (Fsp3) is 0. The average Bonchev–Trinajstić information content (AvgIpc) is 1.95. The van der Waals surface area contributed by atoms with E-state index in [9.17, 15) is 17.2 Å². The highest BCUT2D eigenvalue weighted by atomic mass is 35.7. The van der Waals surface area contributed by atoms with Crippen molar-refractivity contribution in [2.24, 2.45) is 0 Å². The Kier molecular flexibility index (Phi) is 2.72. The van der Waals surface area contributed by atoms with Crippen molar-refractivity contribution in [3.05, 3.63) is 29.8 Å². The third-order valence-corrected chi connectivity index (χ3v) is 1.87. The van der Waals surface area contributed by atoms with Crippen LogP contribution < -0.4 is 4.72 Å². The van der Waals surface area contributed by atoms with Crippen LogP contribution in [-0.2, 0) is 9.24 Å². The van der Waals surface area contributed by atoms with Gasteiger partial charge in [0.05, 0.1) is 0 Å². The summed E-state index contributed by atoms with van der Waals surface area (Å²) in [5, 5.41) is 0. The van der Waals surface area contributed by atoms with Gasteiger partial charge in [0.25, 0.3) is 0 Å². The van der Waals surface area contributed by atoms with Crippen molar-refractivity contribution in [2.75, 3.05) is 4.72 Å². The molecule has 0 saturated carbocycles. The van der Waals surface area contributed by atoms with Gasteiger partial charge in [0.2, 0.25) is 0 Å². The predicted octanol–water partition coefficient (Wildman–Crippen LogP) is 1.86. The van der Waals surface area contributed by atoms with Gasteiger partial charge >= 0.3 is 9.24 Å². The molecule has 0 unspecified atom stereocenters. The molecule has 0 aliphatic rings. The molecule has 1 N–H and O–H groups in total. The highest BCUT2D eigenvalue weighted by Crippen LogP contribution is 2.19. The van der Waals surface area contributed by atoms with Crippen molar-refractivity contribution in [1.29, 1.82) is 0 Å². The second-order valence-corrected chi connectivity index (χ2v) is 4.44. The summed E-state index contributed by atoms with van der Waals surface area (Å²) in [7, 11) is 0.559. The molecule has 0 amide bonds. The summed E-state index contributed by atoms with van der Waals surface area (Å²) >= 11 is 0. The maximum Gasteiger partial charge on any atom is 0.319 e. The van der Waals surface area contributed by atoms with Crippen molar-refractivity contribution >= 4 is 25.6 Å². The molecule has 72 valence electrons. The highest BCUT2D eigenvalue weighted by molar-refractivity contribution is 8.14. The molecule has 0 aliphatic carbocycles. The topological polar surface area (TPSA) is 46.2 Å². The van der Waals surface area contributed by atoms with Crippen LogP contribution in [0.2, 0.25) is 0 Å². The molecule has 0 heterocycles. The summed E-state index contributed by atoms with van der Waals surface area (Å²) in [5.74, 6) is -2.05. The van der Waals surface area contributed by atoms with Gasteiger partial charge in [-0.3, -0.25) is 4.72 Å². The predicted molar refractivity (Wildman–Crippen MR) is 44.8 cm³/mol. The highest BCUT2D eigenvalue weighted by Gasteiger charge is 2.13. The van der Waals surface area contributed by atoms with Gasteiger partial charge in [-0.1, -0.05) is 6.07 Å². The summed E-state index contributed by atoms with van der Waals surface area (Å²) < 4.78 is 47.9. The Bertz CT molecular complexity index is 400. The van der Waals surface area contributed by atoms with Gasteiger partial charge in [0.15, 0.2) is 0 Å². The molecular weight excluding hydrogens is 224 g/mol. The number of hydrogen-bond acceptors (Lipinski definition) is 2. The van der Waals surface area contributed by atoms with Gasteiger partial charge < -0.3 is 0 Å². The molecule has 0 atom stereocenters. The first kappa shape index (κ1) is 10.2. The summed E-state index contributed by atoms with van der Waals surface area (Å²) in [5.41, 5.74) is -0.780. The van der Waals surface area contributed by atoms with Crippen LogP contribution in [0.5, 0.6) is 0 Å². The molecule has 0 aromatic heterocycles. The molecule has 1 rings (SSSR count). The van der Waals surface area contributed by atoms with Crippen LogP contribution in [0.15, 0.2) is 18.2 Å². The lowest BCUT2D eigenvalue weighted by atomic mass is 10.3. The Morgan fingerprint density at radius 1 is 1.23 bits per heavy atom. The van der Waals surface area contributed by atoms with E-state index in [1.807, 2.05) is 0 Å². The van der Waals surface area contributed by atoms with E-state index in [4.69, 9.17) is 10.7 Å². The van der Waals surface area contributed by atoms with Gasteiger partial charge in [0.1, 0.15) is 17.3 Å². The van der Waals surface area contributed by atoms with Crippen LogP contribution in [0.25, 0.3) is 0 Å². The molecule has 0 radical (unpaired) electrons. The van der Waals surface area contributed by atoms with Gasteiger partial charge in [-0.05, 0) is 12.1 Å². The Morgan fingerprint density at radius 3 is 2.08 bits per heavy atom. The molecule has 7 heteroatoms. The smallest absolute Gasteiger partial charge is 0.265 e. The molecule has 13 heavy (non-hydrogen) atoms. The number of hydrogen-bond donors (Lipinski definition) is 1. The third kappa shape index (κ3) is 2.82. The largest absolute Gasteiger partial charge is 0.319 e. The fourth-order valence-corrected chi connectivity index (χ4v) is 1.39. The third-order valence-electron chi connectivity index (χ3n) is 1.19. The van der Waals surface area contributed by atoms with Gasteiger partial charge in [-0.2, -0.15) is 8.42 Å². The van der Waals surface area contributed by atoms with Crippen LogP contribution in [-0.4, -0.2) is 8.42 Å². The SMILES string of the molecule is O=S(=O)(Cl)Nc1c(F)cccc1F. The normalized spacial score (nSPS) is 11.3. The number of anilines is 1. The van der Waals surface area contributed by atoms with E-state index >= 15 is 0 Å². The van der Waals surface area contributed by atoms with E-state index in [0.29, 0.717) is 0 Å². The molecule has 0 aliphatic heterocycles. The van der Waals surface area contributed by atoms with E-state index in [2.05, 4.69) is 0 Å². The Hall–Kier alpha value is -0.880. The lowest BCUT2D eigenvalue weighted by Gasteiger charge is -2.03. The molecule has 0 fully saturated rings. The van der Waals surface area contributed by atoms with Crippen molar-refractivity contribution in [3.8, 4) is 0 Å². The molecule has 1 aromatic rings. The van der Waals surface area contributed by atoms with Crippen molar-refractivity contribution in [2.45, 2.75) is 0 Å². The minimum atomic E-state index is -4.18. The van der Waals surface area contributed by atoms with Crippen molar-refractivity contribution < 1.29 is 17.2 Å². The molecule has 0 spiro atoms. The lowest BCUT2D eigenvalue weighted by molar-refractivity contribution is 0.586. The van der Waals surface area contributed by atoms with E-state index < -0.39 is 26.6 Å². The van der Waals surface area contributed by atoms with E-state index in [0.717, 1.165) is 18.2 Å². The Labute approximate surface area is 77.9 Å². The van der Waals surface area contributed by atoms with Crippen LogP contribution >= 0.6 is 10.7 Å². The number of halogens is 3. The van der Waals surface area contributed by atoms with Crippen LogP contribution in [0.4, 0.5) is 14.5 Å². The second-order valence-electron chi connectivity index (χ2n) is 2.14. The maximum absolute atomic E-state index is 12.8. The summed E-state index contributed by atoms with van der Waals surface area (Å²) in [4.78, 5) is 0. The van der Waals surface area contributed by atoms with Crippen LogP contribution in [0.3, 0.4) is 0 Å². The van der Waals surface area contributed by atoms with Gasteiger partial charge in [-0.15, -0.1) is 0 Å². The van der Waals surface area contributed by atoms with Crippen molar-refractivity contribution in [3.63, 3.8) is 0 Å². The van der Waals surface area contributed by atoms with Gasteiger partial charge in [-0.25, -0.2) is 8.78 Å². The van der Waals surface area contributed by atoms with Gasteiger partial charge in [0, 0.05) is 10.7 Å². The monoisotopic (exact) mass is 227 g/mol. The standard InChI is InChI=1S/C6H4ClF2NO2S/c7-13(11,12)10-6-4(8)2-1-3-5(6)9/h1-3,10H. The number of nitrogens with one attached hydrogen (secondary N) is 1. The minimum Gasteiger partial charge on any atom is -0.265 e. The molecule has 0 saturated heterocycles. The summed E-state index contributed by atoms with van der Waals surface area (Å²) in [6.07, 6.45) is 0. The molecular formula is C6H4ClF2NO2S. The van der Waals surface area contributed by atoms with E-state index in [-0.39, 0.29) is 0 Å². The maximum atomic E-state index is 12.8. The van der Waals surface area contributed by atoms with E-state index in [1.165, 1.54) is 4.72 Å². The average molecular weight is 228 g/mol. The first-order chi connectivity index (χ1) is 5.90. The quantitative estimate of drug-likeness (QED) is 0.784. The first-order valence-electron chi connectivity index (χ1n) is 3.06. The van der Waals surface area contributed by atoms with Crippen molar-refractivity contribution in [1.82, 2.24) is 0 Å².